The van der Waals surface area contributed by atoms with Crippen molar-refractivity contribution < 1.29 is 0 Å². The van der Waals surface area contributed by atoms with Crippen molar-refractivity contribution in [1.82, 2.24) is 9.97 Å². The van der Waals surface area contributed by atoms with Crippen molar-refractivity contribution in [3.05, 3.63) is 40.8 Å². The van der Waals surface area contributed by atoms with Crippen molar-refractivity contribution in [3.8, 4) is 0 Å². The first-order chi connectivity index (χ1) is 5.36. The van der Waals surface area contributed by atoms with Crippen LogP contribution in [0.3, 0.4) is 0 Å². The summed E-state index contributed by atoms with van der Waals surface area (Å²) in [5, 5.41) is 0. The number of hydrogen-bond acceptors (Lipinski definition) is 2. The number of nitrogens with zero attached hydrogens (tertiary/aromatic N) is 1. The van der Waals surface area contributed by atoms with Crippen LogP contribution in [-0.2, 0) is 0 Å². The fourth-order valence-corrected chi connectivity index (χ4v) is 0.985. The van der Waals surface area contributed by atoms with E-state index >= 15 is 0 Å². The molecule has 2 rings (SSSR count). The third-order valence-electron chi connectivity index (χ3n) is 1.48. The van der Waals surface area contributed by atoms with Crippen LogP contribution in [0.2, 0.25) is 0 Å². The van der Waals surface area contributed by atoms with Crippen molar-refractivity contribution in [2.45, 2.75) is 0 Å². The summed E-state index contributed by atoms with van der Waals surface area (Å²) in [6.07, 6.45) is 1.28. The number of fused-ring (bicyclic) bond motifs is 1. The van der Waals surface area contributed by atoms with Gasteiger partial charge in [-0.3, -0.25) is 4.79 Å². The summed E-state index contributed by atoms with van der Waals surface area (Å²) in [6, 6.07) is 7.42. The molecule has 1 aromatic carbocycles. The summed E-state index contributed by atoms with van der Waals surface area (Å²) in [6.45, 7) is 0. The predicted molar refractivity (Wildman–Crippen MR) is 53.5 cm³/mol. The van der Waals surface area contributed by atoms with Crippen LogP contribution in [0.4, 0.5) is 0 Å². The second-order valence-electron chi connectivity index (χ2n) is 2.26. The Kier molecular flexibility index (Phi) is 2.56. The third-order valence-corrected chi connectivity index (χ3v) is 1.48. The van der Waals surface area contributed by atoms with E-state index in [1.54, 1.807) is 0 Å². The number of H-pyrrole nitrogens is 1. The van der Waals surface area contributed by atoms with Gasteiger partial charge in [0.05, 0.1) is 17.2 Å². The van der Waals surface area contributed by atoms with E-state index in [2.05, 4.69) is 9.97 Å². The third kappa shape index (κ3) is 1.51. The molecule has 62 valence electrons. The van der Waals surface area contributed by atoms with Crippen LogP contribution in [-0.4, -0.2) is 9.97 Å². The lowest BCUT2D eigenvalue weighted by molar-refractivity contribution is 1.22. The number of nitrogens with one attached hydrogen (secondary N) is 1. The molecule has 1 atom stereocenters. The van der Waals surface area contributed by atoms with Gasteiger partial charge in [0.1, 0.15) is 0 Å². The highest BCUT2D eigenvalue weighted by Crippen LogP contribution is 2.02. The normalized spacial score (nSPS) is 9.33. The molecule has 0 aliphatic heterocycles. The van der Waals surface area contributed by atoms with Crippen molar-refractivity contribution >= 4 is 20.9 Å². The maximum Gasteiger partial charge on any atom is 0.266 e. The van der Waals surface area contributed by atoms with Gasteiger partial charge in [0.25, 0.3) is 5.56 Å². The fourth-order valence-electron chi connectivity index (χ4n) is 0.985. The van der Waals surface area contributed by atoms with Crippen molar-refractivity contribution in [2.24, 2.45) is 0 Å². The van der Waals surface area contributed by atoms with Crippen molar-refractivity contribution in [1.29, 1.82) is 0 Å². The Morgan fingerprint density at radius 1 is 1.25 bits per heavy atom. The lowest BCUT2D eigenvalue weighted by Crippen LogP contribution is -2.04. The molecule has 0 fully saturated rings. The van der Waals surface area contributed by atoms with Crippen LogP contribution < -0.4 is 5.56 Å². The smallest absolute Gasteiger partial charge is 0.266 e. The van der Waals surface area contributed by atoms with Crippen LogP contribution in [0.5, 0.6) is 0 Å². The SMILES string of the molecule is O=c1cnc2ccccc2[nH]1.P. The Balaban J connectivity index is 0.000000720. The van der Waals surface area contributed by atoms with Gasteiger partial charge in [-0.15, -0.1) is 0 Å². The number of aromatic nitrogens is 2. The van der Waals surface area contributed by atoms with E-state index < -0.39 is 0 Å². The molecule has 1 heterocycles. The average Bonchev–Trinajstić information content (AvgIpc) is 2.04. The monoisotopic (exact) mass is 180 g/mol. The van der Waals surface area contributed by atoms with E-state index in [4.69, 9.17) is 0 Å². The van der Waals surface area contributed by atoms with E-state index in [0.717, 1.165) is 11.0 Å². The number of benzene rings is 1. The first-order valence-electron chi connectivity index (χ1n) is 3.30. The van der Waals surface area contributed by atoms with E-state index in [1.165, 1.54) is 6.20 Å². The van der Waals surface area contributed by atoms with E-state index in [9.17, 15) is 4.79 Å². The summed E-state index contributed by atoms with van der Waals surface area (Å²) < 4.78 is 0. The number of aromatic amines is 1. The maximum atomic E-state index is 10.8. The molecule has 0 aliphatic rings. The van der Waals surface area contributed by atoms with Crippen LogP contribution in [0.15, 0.2) is 35.3 Å². The molecule has 1 unspecified atom stereocenters. The lowest BCUT2D eigenvalue weighted by atomic mass is 10.3. The standard InChI is InChI=1S/C8H6N2O.H3P/c11-8-5-9-6-3-1-2-4-7(6)10-8;/h1-5H,(H,10,11);1H3. The van der Waals surface area contributed by atoms with Gasteiger partial charge in [-0.2, -0.15) is 9.90 Å². The summed E-state index contributed by atoms with van der Waals surface area (Å²) in [7, 11) is 0. The molecule has 3 nitrogen and oxygen atoms in total. The first kappa shape index (κ1) is 8.88. The van der Waals surface area contributed by atoms with Crippen LogP contribution in [0.1, 0.15) is 0 Å². The van der Waals surface area contributed by atoms with Gasteiger partial charge in [-0.1, -0.05) is 12.1 Å². The molecule has 0 aliphatic carbocycles. The molecule has 0 amide bonds. The Labute approximate surface area is 72.5 Å². The van der Waals surface area contributed by atoms with Crippen LogP contribution >= 0.6 is 9.90 Å². The molecular formula is C8H9N2OP. The summed E-state index contributed by atoms with van der Waals surface area (Å²) in [5.74, 6) is 0. The Hall–Kier alpha value is -1.21. The van der Waals surface area contributed by atoms with E-state index in [-0.39, 0.29) is 15.5 Å². The summed E-state index contributed by atoms with van der Waals surface area (Å²) >= 11 is 0. The second-order valence-corrected chi connectivity index (χ2v) is 2.26. The largest absolute Gasteiger partial charge is 0.319 e. The zero-order valence-electron chi connectivity index (χ0n) is 6.45. The van der Waals surface area contributed by atoms with E-state index in [1.807, 2.05) is 24.3 Å². The molecule has 0 bridgehead atoms. The number of rotatable bonds is 0. The van der Waals surface area contributed by atoms with Gasteiger partial charge in [0, 0.05) is 0 Å². The summed E-state index contributed by atoms with van der Waals surface area (Å²) in [5.41, 5.74) is 1.43. The molecule has 0 spiro atoms. The van der Waals surface area contributed by atoms with Gasteiger partial charge in [0.15, 0.2) is 0 Å². The lowest BCUT2D eigenvalue weighted by Gasteiger charge is -1.92. The molecule has 4 heteroatoms. The van der Waals surface area contributed by atoms with Crippen molar-refractivity contribution in [3.63, 3.8) is 0 Å². The topological polar surface area (TPSA) is 45.8 Å². The fraction of sp³-hybridized carbons (Fsp3) is 0. The zero-order valence-corrected chi connectivity index (χ0v) is 7.86. The van der Waals surface area contributed by atoms with Gasteiger partial charge >= 0.3 is 0 Å². The minimum atomic E-state index is -0.163. The molecular weight excluding hydrogens is 171 g/mol. The molecule has 0 saturated heterocycles. The zero-order chi connectivity index (χ0) is 7.68. The Morgan fingerprint density at radius 2 is 2.00 bits per heavy atom. The highest BCUT2D eigenvalue weighted by Gasteiger charge is 1.90. The molecule has 0 saturated carbocycles. The Bertz CT molecular complexity index is 438. The quantitative estimate of drug-likeness (QED) is 0.614. The van der Waals surface area contributed by atoms with Gasteiger partial charge in [0.2, 0.25) is 0 Å². The molecule has 1 N–H and O–H groups in total. The van der Waals surface area contributed by atoms with E-state index in [0.29, 0.717) is 0 Å². The minimum Gasteiger partial charge on any atom is -0.319 e. The highest BCUT2D eigenvalue weighted by molar-refractivity contribution is 6.92. The Morgan fingerprint density at radius 3 is 2.83 bits per heavy atom. The minimum absolute atomic E-state index is 0. The average molecular weight is 180 g/mol. The van der Waals surface area contributed by atoms with Gasteiger partial charge in [-0.25, -0.2) is 4.98 Å². The first-order valence-corrected chi connectivity index (χ1v) is 3.30. The maximum absolute atomic E-state index is 10.8. The molecule has 1 aromatic heterocycles. The molecule has 2 aromatic rings. The second kappa shape index (κ2) is 3.46. The molecule has 12 heavy (non-hydrogen) atoms. The predicted octanol–water partition coefficient (Wildman–Crippen LogP) is 0.981. The highest BCUT2D eigenvalue weighted by atomic mass is 31.0. The van der Waals surface area contributed by atoms with Gasteiger partial charge < -0.3 is 4.98 Å². The number of hydrogen-bond donors (Lipinski definition) is 1. The van der Waals surface area contributed by atoms with Crippen LogP contribution in [0, 0.1) is 0 Å². The van der Waals surface area contributed by atoms with Crippen LogP contribution in [0.25, 0.3) is 11.0 Å². The number of para-hydroxylation sites is 2. The van der Waals surface area contributed by atoms with Gasteiger partial charge in [-0.05, 0) is 12.1 Å². The molecule has 0 radical (unpaired) electrons. The van der Waals surface area contributed by atoms with Crippen molar-refractivity contribution in [2.75, 3.05) is 0 Å². The summed E-state index contributed by atoms with van der Waals surface area (Å²) in [4.78, 5) is 17.4.